The fraction of sp³-hybridized carbons (Fsp3) is 0.308. The molecule has 0 amide bonds. The van der Waals surface area contributed by atoms with E-state index in [1.807, 2.05) is 0 Å². The van der Waals surface area contributed by atoms with Crippen LogP contribution in [0.5, 0.6) is 0 Å². The van der Waals surface area contributed by atoms with E-state index < -0.39 is 0 Å². The number of nitrogens with two attached hydrogens (primary N) is 1. The summed E-state index contributed by atoms with van der Waals surface area (Å²) in [5, 5.41) is 3.08. The Bertz CT molecular complexity index is 493. The quantitative estimate of drug-likeness (QED) is 0.903. The smallest absolute Gasteiger partial charge is 0.107 e. The summed E-state index contributed by atoms with van der Waals surface area (Å²) in [6, 6.07) is 8.37. The second-order valence-corrected chi connectivity index (χ2v) is 5.02. The van der Waals surface area contributed by atoms with Crippen LogP contribution in [0.4, 0.5) is 5.69 Å². The topological polar surface area (TPSA) is 42.1 Å². The molecular weight excluding hydrogens is 230 g/mol. The van der Waals surface area contributed by atoms with E-state index in [9.17, 15) is 0 Å². The number of hydrogen-bond donors (Lipinski definition) is 1. The number of nitrogens with zero attached hydrogens (tertiary/aromatic N) is 2. The van der Waals surface area contributed by atoms with Crippen LogP contribution < -0.4 is 10.6 Å². The van der Waals surface area contributed by atoms with Gasteiger partial charge in [0.05, 0.1) is 12.2 Å². The Hall–Kier alpha value is -1.39. The molecular formula is C13H17N3S. The third-order valence-corrected chi connectivity index (χ3v) is 3.62. The molecule has 0 unspecified atom stereocenters. The Morgan fingerprint density at radius 3 is 2.76 bits per heavy atom. The molecule has 0 saturated heterocycles. The number of benzene rings is 1. The first-order valence-corrected chi connectivity index (χ1v) is 6.49. The highest BCUT2D eigenvalue weighted by atomic mass is 32.1. The lowest BCUT2D eigenvalue weighted by molar-refractivity contribution is 0.876. The number of anilines is 1. The Morgan fingerprint density at radius 2 is 2.12 bits per heavy atom. The molecule has 1 aromatic heterocycles. The Morgan fingerprint density at radius 1 is 1.35 bits per heavy atom. The summed E-state index contributed by atoms with van der Waals surface area (Å²) >= 11 is 1.63. The predicted octanol–water partition coefficient (Wildman–Crippen LogP) is 2.55. The molecule has 0 aliphatic heterocycles. The maximum absolute atomic E-state index is 5.56. The molecule has 0 fully saturated rings. The monoisotopic (exact) mass is 247 g/mol. The van der Waals surface area contributed by atoms with Crippen LogP contribution in [0.25, 0.3) is 0 Å². The first kappa shape index (κ1) is 12.1. The molecule has 3 nitrogen and oxygen atoms in total. The van der Waals surface area contributed by atoms with Gasteiger partial charge in [0.2, 0.25) is 0 Å². The molecule has 2 rings (SSSR count). The summed E-state index contributed by atoms with van der Waals surface area (Å²) in [6.07, 6.45) is 0. The number of hydrogen-bond acceptors (Lipinski definition) is 4. The van der Waals surface area contributed by atoms with Gasteiger partial charge in [-0.15, -0.1) is 11.3 Å². The SMILES string of the molecule is Cc1ccccc1N(C)Cc1csc(CN)n1. The summed E-state index contributed by atoms with van der Waals surface area (Å²) in [5.41, 5.74) is 9.17. The number of rotatable bonds is 4. The number of aromatic nitrogens is 1. The number of aryl methyl sites for hydroxylation is 1. The average molecular weight is 247 g/mol. The maximum atomic E-state index is 5.56. The van der Waals surface area contributed by atoms with Crippen molar-refractivity contribution in [2.24, 2.45) is 5.73 Å². The normalized spacial score (nSPS) is 10.5. The van der Waals surface area contributed by atoms with Crippen LogP contribution in [0.3, 0.4) is 0 Å². The van der Waals surface area contributed by atoms with Crippen LogP contribution in [-0.4, -0.2) is 12.0 Å². The lowest BCUT2D eigenvalue weighted by Gasteiger charge is -2.20. The van der Waals surface area contributed by atoms with Gasteiger partial charge in [0.1, 0.15) is 5.01 Å². The summed E-state index contributed by atoms with van der Waals surface area (Å²) in [6.45, 7) is 3.47. The van der Waals surface area contributed by atoms with Gasteiger partial charge in [-0.1, -0.05) is 18.2 Å². The van der Waals surface area contributed by atoms with Crippen molar-refractivity contribution in [2.45, 2.75) is 20.0 Å². The zero-order valence-corrected chi connectivity index (χ0v) is 11.0. The molecule has 17 heavy (non-hydrogen) atoms. The van der Waals surface area contributed by atoms with Gasteiger partial charge in [0, 0.05) is 24.7 Å². The largest absolute Gasteiger partial charge is 0.368 e. The molecule has 0 aliphatic rings. The second-order valence-electron chi connectivity index (χ2n) is 4.08. The second kappa shape index (κ2) is 5.29. The van der Waals surface area contributed by atoms with E-state index in [0.717, 1.165) is 17.2 Å². The molecule has 0 spiro atoms. The van der Waals surface area contributed by atoms with E-state index in [2.05, 4.69) is 53.5 Å². The van der Waals surface area contributed by atoms with Crippen LogP contribution >= 0.6 is 11.3 Å². The van der Waals surface area contributed by atoms with Crippen molar-refractivity contribution in [2.75, 3.05) is 11.9 Å². The Labute approximate surface area is 106 Å². The number of thiazole rings is 1. The Balaban J connectivity index is 2.11. The summed E-state index contributed by atoms with van der Waals surface area (Å²) < 4.78 is 0. The van der Waals surface area contributed by atoms with E-state index in [-0.39, 0.29) is 0 Å². The minimum Gasteiger partial charge on any atom is -0.368 e. The van der Waals surface area contributed by atoms with Gasteiger partial charge >= 0.3 is 0 Å². The fourth-order valence-electron chi connectivity index (χ4n) is 1.84. The molecule has 4 heteroatoms. The van der Waals surface area contributed by atoms with Gasteiger partial charge in [-0.25, -0.2) is 4.98 Å². The van der Waals surface area contributed by atoms with Crippen LogP contribution in [0.2, 0.25) is 0 Å². The molecule has 0 bridgehead atoms. The molecule has 1 heterocycles. The standard InChI is InChI=1S/C13H17N3S/c1-10-5-3-4-6-12(10)16(2)8-11-9-17-13(7-14)15-11/h3-6,9H,7-8,14H2,1-2H3. The summed E-state index contributed by atoms with van der Waals surface area (Å²) in [7, 11) is 2.09. The van der Waals surface area contributed by atoms with E-state index in [4.69, 9.17) is 5.73 Å². The van der Waals surface area contributed by atoms with E-state index in [1.165, 1.54) is 11.3 Å². The highest BCUT2D eigenvalue weighted by molar-refractivity contribution is 7.09. The lowest BCUT2D eigenvalue weighted by atomic mass is 10.2. The van der Waals surface area contributed by atoms with Crippen molar-refractivity contribution in [1.82, 2.24) is 4.98 Å². The van der Waals surface area contributed by atoms with Gasteiger partial charge in [0.25, 0.3) is 0 Å². The average Bonchev–Trinajstić information content (AvgIpc) is 2.77. The van der Waals surface area contributed by atoms with Crippen LogP contribution in [0, 0.1) is 6.92 Å². The third kappa shape index (κ3) is 2.84. The first-order chi connectivity index (χ1) is 8.20. The van der Waals surface area contributed by atoms with Gasteiger partial charge in [-0.3, -0.25) is 0 Å². The van der Waals surface area contributed by atoms with Crippen LogP contribution in [0.1, 0.15) is 16.3 Å². The van der Waals surface area contributed by atoms with Crippen molar-refractivity contribution >= 4 is 17.0 Å². The van der Waals surface area contributed by atoms with Crippen molar-refractivity contribution in [3.8, 4) is 0 Å². The molecule has 1 aromatic carbocycles. The van der Waals surface area contributed by atoms with Crippen molar-refractivity contribution in [1.29, 1.82) is 0 Å². The molecule has 2 aromatic rings. The molecule has 90 valence electrons. The molecule has 2 N–H and O–H groups in total. The zero-order chi connectivity index (χ0) is 12.3. The van der Waals surface area contributed by atoms with Crippen molar-refractivity contribution in [3.63, 3.8) is 0 Å². The van der Waals surface area contributed by atoms with E-state index >= 15 is 0 Å². The fourth-order valence-corrected chi connectivity index (χ4v) is 2.50. The molecule has 0 radical (unpaired) electrons. The molecule has 0 aliphatic carbocycles. The highest BCUT2D eigenvalue weighted by Crippen LogP contribution is 2.20. The van der Waals surface area contributed by atoms with Gasteiger partial charge in [-0.2, -0.15) is 0 Å². The van der Waals surface area contributed by atoms with E-state index in [1.54, 1.807) is 11.3 Å². The van der Waals surface area contributed by atoms with Crippen LogP contribution in [-0.2, 0) is 13.1 Å². The highest BCUT2D eigenvalue weighted by Gasteiger charge is 2.07. The van der Waals surface area contributed by atoms with Gasteiger partial charge in [-0.05, 0) is 18.6 Å². The van der Waals surface area contributed by atoms with Gasteiger partial charge in [0.15, 0.2) is 0 Å². The minimum atomic E-state index is 0.527. The van der Waals surface area contributed by atoms with E-state index in [0.29, 0.717) is 6.54 Å². The van der Waals surface area contributed by atoms with Gasteiger partial charge < -0.3 is 10.6 Å². The summed E-state index contributed by atoms with van der Waals surface area (Å²) in [4.78, 5) is 6.69. The minimum absolute atomic E-state index is 0.527. The van der Waals surface area contributed by atoms with Crippen molar-refractivity contribution < 1.29 is 0 Å². The summed E-state index contributed by atoms with van der Waals surface area (Å²) in [5.74, 6) is 0. The van der Waals surface area contributed by atoms with Crippen molar-refractivity contribution in [3.05, 3.63) is 45.9 Å². The number of para-hydroxylation sites is 1. The van der Waals surface area contributed by atoms with Crippen LogP contribution in [0.15, 0.2) is 29.6 Å². The zero-order valence-electron chi connectivity index (χ0n) is 10.2. The molecule has 0 atom stereocenters. The molecule has 0 saturated carbocycles. The third-order valence-electron chi connectivity index (χ3n) is 2.70. The predicted molar refractivity (Wildman–Crippen MR) is 73.3 cm³/mol. The lowest BCUT2D eigenvalue weighted by Crippen LogP contribution is -2.17. The maximum Gasteiger partial charge on any atom is 0.107 e. The Kier molecular flexibility index (Phi) is 3.76. The first-order valence-electron chi connectivity index (χ1n) is 5.61.